The monoisotopic (exact) mass is 432 g/mol. The minimum Gasteiger partial charge on any atom is -0.379 e. The first-order chi connectivity index (χ1) is 15.4. The lowest BCUT2D eigenvalue weighted by Gasteiger charge is -2.35. The van der Waals surface area contributed by atoms with Crippen LogP contribution in [0.15, 0.2) is 35.3 Å². The number of pyridine rings is 1. The third kappa shape index (κ3) is 2.99. The molecule has 2 aliphatic heterocycles. The van der Waals surface area contributed by atoms with E-state index < -0.39 is 11.0 Å². The summed E-state index contributed by atoms with van der Waals surface area (Å²) in [5.41, 5.74) is 1.52. The van der Waals surface area contributed by atoms with Crippen LogP contribution < -0.4 is 16.2 Å². The molecule has 1 aromatic carbocycles. The third-order valence-corrected chi connectivity index (χ3v) is 6.53. The highest BCUT2D eigenvalue weighted by Crippen LogP contribution is 2.40. The van der Waals surface area contributed by atoms with E-state index >= 15 is 0 Å². The summed E-state index contributed by atoms with van der Waals surface area (Å²) in [4.78, 5) is 27.8. The Bertz CT molecular complexity index is 1320. The lowest BCUT2D eigenvalue weighted by atomic mass is 9.86. The highest BCUT2D eigenvalue weighted by atomic mass is 16.5. The zero-order valence-corrected chi connectivity index (χ0v) is 18.0. The molecule has 0 radical (unpaired) electrons. The number of anilines is 3. The second-order valence-electron chi connectivity index (χ2n) is 9.01. The van der Waals surface area contributed by atoms with Gasteiger partial charge in [0.2, 0.25) is 5.91 Å². The summed E-state index contributed by atoms with van der Waals surface area (Å²) in [5, 5.41) is 20.9. The first kappa shape index (κ1) is 20.3. The van der Waals surface area contributed by atoms with Crippen molar-refractivity contribution in [2.24, 2.45) is 0 Å². The average Bonchev–Trinajstić information content (AvgIpc) is 3.25. The normalized spacial score (nSPS) is 21.7. The van der Waals surface area contributed by atoms with Crippen LogP contribution in [0, 0.1) is 11.3 Å². The van der Waals surface area contributed by atoms with Gasteiger partial charge < -0.3 is 20.4 Å². The Labute approximate surface area is 184 Å². The number of hydrogen-bond donors (Lipinski definition) is 3. The second-order valence-corrected chi connectivity index (χ2v) is 9.01. The zero-order valence-electron chi connectivity index (χ0n) is 18.0. The molecule has 2 aliphatic rings. The van der Waals surface area contributed by atoms with E-state index in [9.17, 15) is 14.9 Å². The molecule has 0 unspecified atom stereocenters. The number of fused-ring (bicyclic) bond motifs is 2. The van der Waals surface area contributed by atoms with Crippen molar-refractivity contribution in [2.75, 3.05) is 23.8 Å². The third-order valence-electron chi connectivity index (χ3n) is 6.53. The number of aromatic amines is 1. The average molecular weight is 432 g/mol. The number of rotatable bonds is 4. The number of nitrogens with one attached hydrogen (secondary N) is 3. The molecule has 2 aromatic heterocycles. The molecule has 164 valence electrons. The van der Waals surface area contributed by atoms with Gasteiger partial charge in [-0.25, -0.2) is 0 Å². The van der Waals surface area contributed by atoms with Gasteiger partial charge >= 0.3 is 0 Å². The first-order valence-corrected chi connectivity index (χ1v) is 10.6. The van der Waals surface area contributed by atoms with Gasteiger partial charge in [-0.1, -0.05) is 6.07 Å². The Hall–Kier alpha value is -3.64. The number of hydrogen-bond acceptors (Lipinski definition) is 6. The minimum atomic E-state index is -0.630. The Morgan fingerprint density at radius 1 is 1.31 bits per heavy atom. The summed E-state index contributed by atoms with van der Waals surface area (Å²) in [6, 6.07) is 9.69. The van der Waals surface area contributed by atoms with Crippen molar-refractivity contribution in [3.63, 3.8) is 0 Å². The smallest absolute Gasteiger partial charge is 0.261 e. The Balaban J connectivity index is 1.61. The van der Waals surface area contributed by atoms with E-state index in [2.05, 4.69) is 21.7 Å². The molecule has 9 heteroatoms. The number of carbonyl (C=O) groups excluding carboxylic acids is 1. The van der Waals surface area contributed by atoms with Crippen molar-refractivity contribution >= 4 is 34.0 Å². The molecule has 9 nitrogen and oxygen atoms in total. The highest BCUT2D eigenvalue weighted by molar-refractivity contribution is 6.06. The van der Waals surface area contributed by atoms with Gasteiger partial charge in [-0.2, -0.15) is 10.4 Å². The maximum atomic E-state index is 12.8. The Morgan fingerprint density at radius 2 is 2.16 bits per heavy atom. The lowest BCUT2D eigenvalue weighted by Crippen LogP contribution is -2.42. The fraction of sp³-hybridized carbons (Fsp3) is 0.391. The fourth-order valence-electron chi connectivity index (χ4n) is 4.70. The molecule has 4 heterocycles. The number of carbonyl (C=O) groups is 1. The van der Waals surface area contributed by atoms with Crippen LogP contribution in [0.25, 0.3) is 10.9 Å². The molecular formula is C23H24N6O3. The summed E-state index contributed by atoms with van der Waals surface area (Å²) in [7, 11) is 0. The van der Waals surface area contributed by atoms with Gasteiger partial charge in [0.25, 0.3) is 5.56 Å². The molecule has 1 atom stereocenters. The number of nitrogens with zero attached hydrogens (tertiary/aromatic N) is 3. The Kier molecular flexibility index (Phi) is 4.57. The molecule has 3 aromatic rings. The summed E-state index contributed by atoms with van der Waals surface area (Å²) >= 11 is 0. The van der Waals surface area contributed by atoms with Crippen molar-refractivity contribution in [3.8, 4) is 6.07 Å². The quantitative estimate of drug-likeness (QED) is 0.582. The van der Waals surface area contributed by atoms with Crippen LogP contribution in [-0.4, -0.2) is 33.9 Å². The van der Waals surface area contributed by atoms with Crippen molar-refractivity contribution in [1.29, 1.82) is 5.26 Å². The van der Waals surface area contributed by atoms with Crippen LogP contribution in [-0.2, 0) is 20.5 Å². The van der Waals surface area contributed by atoms with Gasteiger partial charge in [0.15, 0.2) is 5.82 Å². The van der Waals surface area contributed by atoms with Crippen molar-refractivity contribution in [2.45, 2.75) is 44.1 Å². The van der Waals surface area contributed by atoms with Gasteiger partial charge in [0.1, 0.15) is 5.39 Å². The number of ether oxygens (including phenoxy) is 1. The molecule has 0 spiro atoms. The number of amides is 1. The first-order valence-electron chi connectivity index (χ1n) is 10.6. The highest BCUT2D eigenvalue weighted by Gasteiger charge is 2.39. The van der Waals surface area contributed by atoms with Gasteiger partial charge in [0, 0.05) is 24.2 Å². The fourth-order valence-corrected chi connectivity index (χ4v) is 4.70. The number of nitriles is 1. The van der Waals surface area contributed by atoms with E-state index in [0.717, 1.165) is 24.1 Å². The minimum absolute atomic E-state index is 0.0495. The maximum absolute atomic E-state index is 12.8. The van der Waals surface area contributed by atoms with Crippen LogP contribution in [0.2, 0.25) is 0 Å². The van der Waals surface area contributed by atoms with Gasteiger partial charge in [-0.05, 0) is 50.5 Å². The standard InChI is InChI=1S/C23H24N6O3/c1-22(2)15-5-4-14(12-16(15)27-21(22)31)26-19-18-17(6-10-25-20(18)30)29(28-19)23(8-9-24)7-3-11-32-13-23/h4-6,10,12H,3,7-8,11,13H2,1-2H3,(H,25,30)(H,26,28)(H,27,31)/t23-/m0/s1. The largest absolute Gasteiger partial charge is 0.379 e. The summed E-state index contributed by atoms with van der Waals surface area (Å²) in [5.74, 6) is 0.347. The van der Waals surface area contributed by atoms with Crippen molar-refractivity contribution < 1.29 is 9.53 Å². The van der Waals surface area contributed by atoms with Gasteiger partial charge in [0.05, 0.1) is 35.6 Å². The molecule has 5 rings (SSSR count). The maximum Gasteiger partial charge on any atom is 0.261 e. The molecule has 3 N–H and O–H groups in total. The lowest BCUT2D eigenvalue weighted by molar-refractivity contribution is -0.119. The van der Waals surface area contributed by atoms with Crippen LogP contribution in [0.5, 0.6) is 0 Å². The van der Waals surface area contributed by atoms with E-state index in [1.807, 2.05) is 32.0 Å². The second kappa shape index (κ2) is 7.21. The van der Waals surface area contributed by atoms with E-state index in [1.54, 1.807) is 16.9 Å². The van der Waals surface area contributed by atoms with Crippen molar-refractivity contribution in [1.82, 2.24) is 14.8 Å². The molecule has 0 saturated carbocycles. The molecular weight excluding hydrogens is 408 g/mol. The number of aromatic nitrogens is 3. The van der Waals surface area contributed by atoms with Gasteiger partial charge in [-0.15, -0.1) is 0 Å². The molecule has 0 aliphatic carbocycles. The predicted octanol–water partition coefficient (Wildman–Crippen LogP) is 3.12. The molecule has 32 heavy (non-hydrogen) atoms. The van der Waals surface area contributed by atoms with Crippen LogP contribution in [0.1, 0.15) is 38.7 Å². The van der Waals surface area contributed by atoms with Gasteiger partial charge in [-0.3, -0.25) is 14.3 Å². The van der Waals surface area contributed by atoms with E-state index in [4.69, 9.17) is 9.84 Å². The number of H-pyrrole nitrogens is 1. The van der Waals surface area contributed by atoms with E-state index in [1.165, 1.54) is 0 Å². The van der Waals surface area contributed by atoms with Crippen LogP contribution in [0.3, 0.4) is 0 Å². The number of benzene rings is 1. The summed E-state index contributed by atoms with van der Waals surface area (Å²) < 4.78 is 7.50. The summed E-state index contributed by atoms with van der Waals surface area (Å²) in [6.07, 6.45) is 3.37. The van der Waals surface area contributed by atoms with Crippen molar-refractivity contribution in [3.05, 3.63) is 46.4 Å². The molecule has 0 bridgehead atoms. The van der Waals surface area contributed by atoms with E-state index in [-0.39, 0.29) is 17.9 Å². The predicted molar refractivity (Wildman–Crippen MR) is 120 cm³/mol. The topological polar surface area (TPSA) is 125 Å². The van der Waals surface area contributed by atoms with E-state index in [0.29, 0.717) is 35.6 Å². The van der Waals surface area contributed by atoms with Crippen LogP contribution in [0.4, 0.5) is 17.2 Å². The molecule has 1 saturated heterocycles. The SMILES string of the molecule is CC1(C)C(=O)Nc2cc(Nc3nn([C@]4(CC#N)CCCOC4)c4cc[nH]c(=O)c34)ccc21. The zero-order chi connectivity index (χ0) is 22.5. The molecule has 1 amide bonds. The Morgan fingerprint density at radius 3 is 2.91 bits per heavy atom. The summed E-state index contributed by atoms with van der Waals surface area (Å²) in [6.45, 7) is 4.78. The van der Waals surface area contributed by atoms with Crippen LogP contribution >= 0.6 is 0 Å². The molecule has 1 fully saturated rings.